The fourth-order valence-electron chi connectivity index (χ4n) is 8.23. The average Bonchev–Trinajstić information content (AvgIpc) is 2.98. The molecule has 182 valence electrons. The minimum Gasteiger partial charge on any atom is -0.393 e. The lowest BCUT2D eigenvalue weighted by Crippen LogP contribution is -2.59. The van der Waals surface area contributed by atoms with Gasteiger partial charge in [-0.2, -0.15) is 0 Å². The van der Waals surface area contributed by atoms with Crippen LogP contribution in [0.4, 0.5) is 0 Å². The first-order valence-corrected chi connectivity index (χ1v) is 12.8. The number of rotatable bonds is 5. The molecule has 3 fully saturated rings. The fourth-order valence-corrected chi connectivity index (χ4v) is 8.23. The largest absolute Gasteiger partial charge is 0.393 e. The summed E-state index contributed by atoms with van der Waals surface area (Å²) >= 11 is 0. The van der Waals surface area contributed by atoms with E-state index in [9.17, 15) is 25.2 Å². The predicted molar refractivity (Wildman–Crippen MR) is 124 cm³/mol. The van der Waals surface area contributed by atoms with Gasteiger partial charge in [0.1, 0.15) is 0 Å². The summed E-state index contributed by atoms with van der Waals surface area (Å²) in [6.45, 7) is 10.0. The third-order valence-corrected chi connectivity index (χ3v) is 10.4. The number of fused-ring (bicyclic) bond motifs is 5. The monoisotopic (exact) mass is 448 g/mol. The van der Waals surface area contributed by atoms with Crippen LogP contribution in [0.1, 0.15) is 92.4 Å². The molecule has 0 aliphatic heterocycles. The Labute approximate surface area is 193 Å². The first-order valence-electron chi connectivity index (χ1n) is 12.8. The highest BCUT2D eigenvalue weighted by atomic mass is 16.3. The van der Waals surface area contributed by atoms with Crippen molar-refractivity contribution in [2.75, 3.05) is 0 Å². The van der Waals surface area contributed by atoms with Gasteiger partial charge in [-0.15, -0.1) is 0 Å². The van der Waals surface area contributed by atoms with E-state index >= 15 is 0 Å². The van der Waals surface area contributed by atoms with Gasteiger partial charge in [-0.25, -0.2) is 0 Å². The van der Waals surface area contributed by atoms with E-state index in [1.807, 2.05) is 0 Å². The van der Waals surface area contributed by atoms with Gasteiger partial charge in [-0.3, -0.25) is 4.79 Å². The number of aliphatic hydroxyl groups is 4. The standard InChI is InChI=1S/C27H44O5/c1-16(22(29)9-10-24(2,3)31)18-8-13-27(32)20-15-23(30)21-14-17(28)6-11-25(21,4)19(20)7-12-26(18,27)5/h15-19,21-22,28-29,31-32H,6-14H2,1-5H3/t16-,17-,18+,19?,21-,22+,25+,26+,27+/m0/s1. The highest BCUT2D eigenvalue weighted by molar-refractivity contribution is 5.95. The van der Waals surface area contributed by atoms with E-state index in [1.54, 1.807) is 19.9 Å². The number of ketones is 1. The summed E-state index contributed by atoms with van der Waals surface area (Å²) in [5.41, 5.74) is -1.43. The Balaban J connectivity index is 1.61. The Morgan fingerprint density at radius 3 is 2.47 bits per heavy atom. The van der Waals surface area contributed by atoms with Crippen molar-refractivity contribution in [2.24, 2.45) is 34.5 Å². The quantitative estimate of drug-likeness (QED) is 0.513. The van der Waals surface area contributed by atoms with Crippen LogP contribution in [0.25, 0.3) is 0 Å². The van der Waals surface area contributed by atoms with E-state index < -0.39 is 23.4 Å². The van der Waals surface area contributed by atoms with Crippen molar-refractivity contribution in [3.63, 3.8) is 0 Å². The van der Waals surface area contributed by atoms with Gasteiger partial charge >= 0.3 is 0 Å². The Hall–Kier alpha value is -0.750. The number of carbonyl (C=O) groups is 1. The maximum Gasteiger partial charge on any atom is 0.159 e. The van der Waals surface area contributed by atoms with Gasteiger partial charge in [0.15, 0.2) is 5.78 Å². The normalized spacial score (nSPS) is 46.0. The molecule has 9 atom stereocenters. The molecule has 0 saturated heterocycles. The summed E-state index contributed by atoms with van der Waals surface area (Å²) in [4.78, 5) is 13.2. The zero-order valence-electron chi connectivity index (χ0n) is 20.6. The van der Waals surface area contributed by atoms with Crippen LogP contribution in [0.3, 0.4) is 0 Å². The summed E-state index contributed by atoms with van der Waals surface area (Å²) in [5, 5.41) is 43.4. The zero-order valence-corrected chi connectivity index (χ0v) is 20.6. The van der Waals surface area contributed by atoms with Crippen LogP contribution in [-0.2, 0) is 4.79 Å². The molecule has 0 amide bonds. The van der Waals surface area contributed by atoms with Crippen molar-refractivity contribution in [1.29, 1.82) is 0 Å². The molecule has 1 unspecified atom stereocenters. The maximum absolute atomic E-state index is 13.2. The summed E-state index contributed by atoms with van der Waals surface area (Å²) in [7, 11) is 0. The molecule has 5 heteroatoms. The SMILES string of the molecule is C[C@H]([C@H](O)CCC(C)(C)O)[C@H]1CC[C@@]2(O)C3=CC(=O)[C@@H]4C[C@@H](O)CC[C@]4(C)C3CC[C@]12C. The predicted octanol–water partition coefficient (Wildman–Crippen LogP) is 3.77. The third kappa shape index (κ3) is 3.62. The highest BCUT2D eigenvalue weighted by Gasteiger charge is 2.66. The van der Waals surface area contributed by atoms with Gasteiger partial charge in [-0.1, -0.05) is 20.8 Å². The molecular formula is C27H44O5. The van der Waals surface area contributed by atoms with Crippen molar-refractivity contribution in [3.8, 4) is 0 Å². The minimum absolute atomic E-state index is 0.0148. The summed E-state index contributed by atoms with van der Waals surface area (Å²) < 4.78 is 0. The van der Waals surface area contributed by atoms with Gasteiger partial charge < -0.3 is 20.4 Å². The van der Waals surface area contributed by atoms with Crippen molar-refractivity contribution in [3.05, 3.63) is 11.6 Å². The molecule has 4 aliphatic rings. The van der Waals surface area contributed by atoms with Crippen LogP contribution in [0, 0.1) is 34.5 Å². The Bertz CT molecular complexity index is 783. The van der Waals surface area contributed by atoms with E-state index in [0.29, 0.717) is 25.7 Å². The van der Waals surface area contributed by atoms with Gasteiger partial charge in [0.2, 0.25) is 0 Å². The fraction of sp³-hybridized carbons (Fsp3) is 0.889. The van der Waals surface area contributed by atoms with E-state index in [2.05, 4.69) is 20.8 Å². The van der Waals surface area contributed by atoms with Crippen molar-refractivity contribution in [2.45, 2.75) is 116 Å². The molecule has 0 radical (unpaired) electrons. The molecular weight excluding hydrogens is 404 g/mol. The van der Waals surface area contributed by atoms with Crippen LogP contribution in [0.5, 0.6) is 0 Å². The van der Waals surface area contributed by atoms with Crippen LogP contribution in [-0.4, -0.2) is 49.6 Å². The molecule has 0 spiro atoms. The molecule has 3 saturated carbocycles. The van der Waals surface area contributed by atoms with Gasteiger partial charge in [-0.05, 0) is 106 Å². The first kappa shape index (κ1) is 24.4. The van der Waals surface area contributed by atoms with Gasteiger partial charge in [0.25, 0.3) is 0 Å². The van der Waals surface area contributed by atoms with Crippen LogP contribution >= 0.6 is 0 Å². The summed E-state index contributed by atoms with van der Waals surface area (Å²) in [5.74, 6) is 0.301. The Morgan fingerprint density at radius 1 is 1.12 bits per heavy atom. The molecule has 4 N–H and O–H groups in total. The van der Waals surface area contributed by atoms with Gasteiger partial charge in [0.05, 0.1) is 23.4 Å². The molecule has 0 heterocycles. The minimum atomic E-state index is -1.01. The molecule has 5 nitrogen and oxygen atoms in total. The Morgan fingerprint density at radius 2 is 1.81 bits per heavy atom. The summed E-state index contributed by atoms with van der Waals surface area (Å²) in [6.07, 6.45) is 7.33. The molecule has 0 aromatic rings. The van der Waals surface area contributed by atoms with E-state index in [0.717, 1.165) is 37.7 Å². The summed E-state index contributed by atoms with van der Waals surface area (Å²) in [6, 6.07) is 0. The molecule has 0 aromatic heterocycles. The number of hydrogen-bond donors (Lipinski definition) is 4. The molecule has 0 aromatic carbocycles. The lowest BCUT2D eigenvalue weighted by molar-refractivity contribution is -0.142. The van der Waals surface area contributed by atoms with E-state index in [-0.39, 0.29) is 40.3 Å². The maximum atomic E-state index is 13.2. The van der Waals surface area contributed by atoms with Crippen molar-refractivity contribution in [1.82, 2.24) is 0 Å². The van der Waals surface area contributed by atoms with Crippen molar-refractivity contribution < 1.29 is 25.2 Å². The number of hydrogen-bond acceptors (Lipinski definition) is 5. The van der Waals surface area contributed by atoms with E-state index in [4.69, 9.17) is 0 Å². The number of aliphatic hydroxyl groups excluding tert-OH is 2. The van der Waals surface area contributed by atoms with Crippen molar-refractivity contribution >= 4 is 5.78 Å². The molecule has 4 aliphatic carbocycles. The third-order valence-electron chi connectivity index (χ3n) is 10.4. The Kier molecular flexibility index (Phi) is 6.02. The second kappa shape index (κ2) is 7.90. The zero-order chi connectivity index (χ0) is 23.7. The van der Waals surface area contributed by atoms with Crippen LogP contribution < -0.4 is 0 Å². The van der Waals surface area contributed by atoms with Crippen LogP contribution in [0.15, 0.2) is 11.6 Å². The lowest BCUT2D eigenvalue weighted by atomic mass is 9.46. The molecule has 4 rings (SSSR count). The van der Waals surface area contributed by atoms with Gasteiger partial charge in [0, 0.05) is 11.3 Å². The van der Waals surface area contributed by atoms with Crippen LogP contribution in [0.2, 0.25) is 0 Å². The topological polar surface area (TPSA) is 98.0 Å². The number of carbonyl (C=O) groups excluding carboxylic acids is 1. The average molecular weight is 449 g/mol. The first-order chi connectivity index (χ1) is 14.7. The molecule has 32 heavy (non-hydrogen) atoms. The number of allylic oxidation sites excluding steroid dienone is 1. The second-order valence-corrected chi connectivity index (χ2v) is 12.8. The van der Waals surface area contributed by atoms with E-state index in [1.165, 1.54) is 0 Å². The highest BCUT2D eigenvalue weighted by Crippen LogP contribution is 2.68. The molecule has 0 bridgehead atoms. The lowest BCUT2D eigenvalue weighted by Gasteiger charge is -2.59. The smallest absolute Gasteiger partial charge is 0.159 e. The second-order valence-electron chi connectivity index (χ2n) is 12.8.